The van der Waals surface area contributed by atoms with Crippen molar-refractivity contribution in [1.82, 2.24) is 10.2 Å². The van der Waals surface area contributed by atoms with Crippen LogP contribution in [0.4, 0.5) is 5.82 Å². The van der Waals surface area contributed by atoms with E-state index in [4.69, 9.17) is 17.3 Å². The van der Waals surface area contributed by atoms with Crippen molar-refractivity contribution in [2.45, 2.75) is 44.6 Å². The van der Waals surface area contributed by atoms with Gasteiger partial charge in [-0.15, -0.1) is 10.2 Å². The highest BCUT2D eigenvalue weighted by molar-refractivity contribution is 6.29. The van der Waals surface area contributed by atoms with E-state index in [0.717, 1.165) is 32.1 Å². The van der Waals surface area contributed by atoms with E-state index in [1.54, 1.807) is 0 Å². The molecule has 1 aromatic rings. The smallest absolute Gasteiger partial charge is 0.252 e. The molecule has 0 aromatic carbocycles. The Morgan fingerprint density at radius 2 is 2.19 bits per heavy atom. The first-order valence-electron chi connectivity index (χ1n) is 7.33. The average molecular weight is 313 g/mol. The molecule has 2 unspecified atom stereocenters. The van der Waals surface area contributed by atoms with Gasteiger partial charge in [-0.25, -0.2) is 0 Å². The number of amides is 1. The molecule has 1 amide bonds. The van der Waals surface area contributed by atoms with Gasteiger partial charge in [-0.05, 0) is 37.7 Å². The number of aromatic nitrogens is 2. The second-order valence-corrected chi connectivity index (χ2v) is 5.86. The van der Waals surface area contributed by atoms with Crippen molar-refractivity contribution in [3.63, 3.8) is 0 Å². The first-order valence-corrected chi connectivity index (χ1v) is 7.70. The quantitative estimate of drug-likeness (QED) is 0.697. The summed E-state index contributed by atoms with van der Waals surface area (Å²) in [7, 11) is 0. The van der Waals surface area contributed by atoms with Gasteiger partial charge in [0.25, 0.3) is 5.91 Å². The maximum absolute atomic E-state index is 11.3. The van der Waals surface area contributed by atoms with Gasteiger partial charge in [-0.2, -0.15) is 0 Å². The molecule has 0 saturated heterocycles. The van der Waals surface area contributed by atoms with Crippen molar-refractivity contribution in [2.75, 3.05) is 11.9 Å². The maximum Gasteiger partial charge on any atom is 0.252 e. The summed E-state index contributed by atoms with van der Waals surface area (Å²) in [6, 6.07) is 1.41. The third kappa shape index (κ3) is 4.54. The molecule has 2 atom stereocenters. The lowest BCUT2D eigenvalue weighted by Gasteiger charge is -2.27. The number of aliphatic hydroxyl groups excluding tert-OH is 1. The number of hydrogen-bond acceptors (Lipinski definition) is 5. The number of aliphatic hydroxyl groups is 1. The van der Waals surface area contributed by atoms with Crippen LogP contribution in [0.5, 0.6) is 0 Å². The summed E-state index contributed by atoms with van der Waals surface area (Å²) >= 11 is 5.70. The normalized spacial score (nSPS) is 22.0. The zero-order valence-electron chi connectivity index (χ0n) is 11.9. The van der Waals surface area contributed by atoms with Crippen LogP contribution in [0.3, 0.4) is 0 Å². The summed E-state index contributed by atoms with van der Waals surface area (Å²) in [6.45, 7) is 0.653. The zero-order valence-corrected chi connectivity index (χ0v) is 12.6. The van der Waals surface area contributed by atoms with Crippen LogP contribution in [-0.2, 0) is 0 Å². The number of rotatable bonds is 6. The van der Waals surface area contributed by atoms with Crippen LogP contribution in [0.1, 0.15) is 48.9 Å². The van der Waals surface area contributed by atoms with Crippen LogP contribution in [0.15, 0.2) is 6.07 Å². The second-order valence-electron chi connectivity index (χ2n) is 5.47. The van der Waals surface area contributed by atoms with Crippen molar-refractivity contribution < 1.29 is 9.90 Å². The summed E-state index contributed by atoms with van der Waals surface area (Å²) in [6.07, 6.45) is 6.00. The average Bonchev–Trinajstić information content (AvgIpc) is 2.46. The Labute approximate surface area is 129 Å². The fraction of sp³-hybridized carbons (Fsp3) is 0.643. The summed E-state index contributed by atoms with van der Waals surface area (Å²) in [4.78, 5) is 11.3. The van der Waals surface area contributed by atoms with Crippen LogP contribution >= 0.6 is 11.6 Å². The molecule has 1 aliphatic carbocycles. The number of nitrogens with one attached hydrogen (secondary N) is 1. The van der Waals surface area contributed by atoms with Crippen molar-refractivity contribution in [3.8, 4) is 0 Å². The van der Waals surface area contributed by atoms with Crippen LogP contribution in [0.25, 0.3) is 0 Å². The molecule has 0 bridgehead atoms. The van der Waals surface area contributed by atoms with E-state index in [-0.39, 0.29) is 16.8 Å². The molecule has 1 fully saturated rings. The number of anilines is 1. The van der Waals surface area contributed by atoms with E-state index < -0.39 is 5.91 Å². The van der Waals surface area contributed by atoms with E-state index in [1.807, 2.05) is 0 Å². The summed E-state index contributed by atoms with van der Waals surface area (Å²) in [5, 5.41) is 20.7. The predicted molar refractivity (Wildman–Crippen MR) is 81.2 cm³/mol. The molecule has 21 heavy (non-hydrogen) atoms. The Bertz CT molecular complexity index is 498. The Morgan fingerprint density at radius 1 is 1.43 bits per heavy atom. The molecule has 1 heterocycles. The highest BCUT2D eigenvalue weighted by Gasteiger charge is 2.22. The Morgan fingerprint density at radius 3 is 2.90 bits per heavy atom. The Balaban J connectivity index is 1.82. The van der Waals surface area contributed by atoms with Crippen LogP contribution in [0, 0.1) is 5.92 Å². The van der Waals surface area contributed by atoms with E-state index in [2.05, 4.69) is 15.5 Å². The van der Waals surface area contributed by atoms with Crippen molar-refractivity contribution in [2.24, 2.45) is 11.7 Å². The molecule has 6 nitrogen and oxygen atoms in total. The first kappa shape index (κ1) is 16.0. The number of nitrogens with zero attached hydrogens (tertiary/aromatic N) is 2. The molecule has 1 aliphatic rings. The van der Waals surface area contributed by atoms with Gasteiger partial charge in [-0.3, -0.25) is 4.79 Å². The number of halogens is 1. The van der Waals surface area contributed by atoms with Gasteiger partial charge >= 0.3 is 0 Å². The standard InChI is InChI=1S/C14H21ClN4O2/c15-12-8-10(13(16)21)14(19-18-12)17-7-3-5-9-4-1-2-6-11(9)20/h8-9,11,20H,1-7H2,(H2,16,21)(H,17,19). The monoisotopic (exact) mass is 312 g/mol. The van der Waals surface area contributed by atoms with Gasteiger partial charge in [0.2, 0.25) is 0 Å². The van der Waals surface area contributed by atoms with Gasteiger partial charge in [0.15, 0.2) is 11.0 Å². The maximum atomic E-state index is 11.3. The Kier molecular flexibility index (Phi) is 5.76. The largest absolute Gasteiger partial charge is 0.393 e. The third-order valence-corrected chi connectivity index (χ3v) is 4.13. The molecule has 4 N–H and O–H groups in total. The molecule has 1 aromatic heterocycles. The van der Waals surface area contributed by atoms with Crippen molar-refractivity contribution in [1.29, 1.82) is 0 Å². The molecule has 1 saturated carbocycles. The molecule has 2 rings (SSSR count). The van der Waals surface area contributed by atoms with Gasteiger partial charge in [0.05, 0.1) is 11.7 Å². The fourth-order valence-corrected chi connectivity index (χ4v) is 2.93. The summed E-state index contributed by atoms with van der Waals surface area (Å²) in [5.74, 6) is 0.153. The minimum atomic E-state index is -0.586. The van der Waals surface area contributed by atoms with Gasteiger partial charge in [0.1, 0.15) is 0 Å². The van der Waals surface area contributed by atoms with Gasteiger partial charge < -0.3 is 16.2 Å². The minimum absolute atomic E-state index is 0.139. The lowest BCUT2D eigenvalue weighted by molar-refractivity contribution is 0.0648. The van der Waals surface area contributed by atoms with Crippen molar-refractivity contribution in [3.05, 3.63) is 16.8 Å². The van der Waals surface area contributed by atoms with Crippen LogP contribution < -0.4 is 11.1 Å². The fourth-order valence-electron chi connectivity index (χ4n) is 2.78. The van der Waals surface area contributed by atoms with Crippen LogP contribution in [-0.4, -0.2) is 33.9 Å². The molecule has 0 spiro atoms. The highest BCUT2D eigenvalue weighted by Crippen LogP contribution is 2.27. The molecular weight excluding hydrogens is 292 g/mol. The topological polar surface area (TPSA) is 101 Å². The number of carbonyl (C=O) groups excluding carboxylic acids is 1. The van der Waals surface area contributed by atoms with E-state index in [0.29, 0.717) is 18.3 Å². The number of hydrogen-bond donors (Lipinski definition) is 3. The highest BCUT2D eigenvalue weighted by atomic mass is 35.5. The van der Waals surface area contributed by atoms with Gasteiger partial charge in [0, 0.05) is 6.54 Å². The number of carbonyl (C=O) groups is 1. The SMILES string of the molecule is NC(=O)c1cc(Cl)nnc1NCCCC1CCCCC1O. The lowest BCUT2D eigenvalue weighted by Crippen LogP contribution is -2.25. The molecular formula is C14H21ClN4O2. The third-order valence-electron chi connectivity index (χ3n) is 3.94. The van der Waals surface area contributed by atoms with E-state index in [1.165, 1.54) is 12.5 Å². The predicted octanol–water partition coefficient (Wildman–Crippen LogP) is 1.97. The number of nitrogens with two attached hydrogens (primary N) is 1. The molecule has 116 valence electrons. The van der Waals surface area contributed by atoms with E-state index >= 15 is 0 Å². The summed E-state index contributed by atoms with van der Waals surface area (Å²) < 4.78 is 0. The zero-order chi connectivity index (χ0) is 15.2. The van der Waals surface area contributed by atoms with Gasteiger partial charge in [-0.1, -0.05) is 24.4 Å². The van der Waals surface area contributed by atoms with E-state index in [9.17, 15) is 9.90 Å². The second kappa shape index (κ2) is 7.56. The molecule has 7 heteroatoms. The summed E-state index contributed by atoms with van der Waals surface area (Å²) in [5.41, 5.74) is 5.53. The number of primary amides is 1. The molecule has 0 radical (unpaired) electrons. The molecule has 0 aliphatic heterocycles. The minimum Gasteiger partial charge on any atom is -0.393 e. The first-order chi connectivity index (χ1) is 10.1. The van der Waals surface area contributed by atoms with Crippen LogP contribution in [0.2, 0.25) is 5.15 Å². The van der Waals surface area contributed by atoms with Crippen molar-refractivity contribution >= 4 is 23.3 Å². The Hall–Kier alpha value is -1.40. The lowest BCUT2D eigenvalue weighted by atomic mass is 9.83.